The summed E-state index contributed by atoms with van der Waals surface area (Å²) in [6, 6.07) is 30.5. The molecule has 2 heteroatoms. The van der Waals surface area contributed by atoms with Gasteiger partial charge in [0, 0.05) is 48.8 Å². The number of hydrogen-bond acceptors (Lipinski definition) is 1. The summed E-state index contributed by atoms with van der Waals surface area (Å²) in [5.74, 6) is 1.49. The van der Waals surface area contributed by atoms with Crippen molar-refractivity contribution in [1.29, 1.82) is 0 Å². The van der Waals surface area contributed by atoms with Crippen molar-refractivity contribution < 1.29 is 0 Å². The monoisotopic (exact) mass is 699 g/mol. The molecule has 12 rings (SSSR count). The molecule has 0 aliphatic heterocycles. The van der Waals surface area contributed by atoms with Crippen molar-refractivity contribution >= 4 is 50.1 Å². The van der Waals surface area contributed by atoms with E-state index in [1.807, 2.05) is 11.3 Å². The summed E-state index contributed by atoms with van der Waals surface area (Å²) in [7, 11) is 0. The van der Waals surface area contributed by atoms with Gasteiger partial charge in [0.25, 0.3) is 0 Å². The Kier molecular flexibility index (Phi) is 6.25. The first-order valence-electron chi connectivity index (χ1n) is 19.6. The van der Waals surface area contributed by atoms with Gasteiger partial charge in [-0.2, -0.15) is 0 Å². The molecule has 2 heterocycles. The Morgan fingerprint density at radius 1 is 0.774 bits per heavy atom. The number of hydrogen-bond donors (Lipinski definition) is 0. The van der Waals surface area contributed by atoms with E-state index in [1.54, 1.807) is 5.56 Å². The second-order valence-corrected chi connectivity index (χ2v) is 17.6. The summed E-state index contributed by atoms with van der Waals surface area (Å²) in [6.07, 6.45) is 27.1. The second kappa shape index (κ2) is 10.9. The van der Waals surface area contributed by atoms with E-state index < -0.39 is 0 Å². The molecule has 0 fully saturated rings. The van der Waals surface area contributed by atoms with Gasteiger partial charge >= 0.3 is 0 Å². The number of benzene rings is 4. The Labute approximate surface area is 315 Å². The van der Waals surface area contributed by atoms with Crippen molar-refractivity contribution in [3.05, 3.63) is 176 Å². The maximum Gasteiger partial charge on any atom is 0.0537 e. The molecule has 6 aromatic rings. The van der Waals surface area contributed by atoms with Crippen LogP contribution < -0.4 is 0 Å². The highest BCUT2D eigenvalue weighted by molar-refractivity contribution is 7.20. The van der Waals surface area contributed by atoms with E-state index in [4.69, 9.17) is 0 Å². The molecule has 256 valence electrons. The van der Waals surface area contributed by atoms with Gasteiger partial charge in [-0.3, -0.25) is 0 Å². The highest BCUT2D eigenvalue weighted by atomic mass is 32.1. The molecule has 4 aromatic carbocycles. The van der Waals surface area contributed by atoms with E-state index in [0.29, 0.717) is 17.8 Å². The molecule has 2 aromatic heterocycles. The topological polar surface area (TPSA) is 4.93 Å². The minimum absolute atomic E-state index is 0.0624. The third-order valence-corrected chi connectivity index (χ3v) is 14.9. The van der Waals surface area contributed by atoms with Crippen molar-refractivity contribution in [1.82, 2.24) is 4.57 Å². The summed E-state index contributed by atoms with van der Waals surface area (Å²) in [5.41, 5.74) is 20.3. The van der Waals surface area contributed by atoms with Crippen LogP contribution in [0.2, 0.25) is 0 Å². The Balaban J connectivity index is 0.966. The fraction of sp³-hybridized carbons (Fsp3) is 0.216. The lowest BCUT2D eigenvalue weighted by Crippen LogP contribution is -2.29. The van der Waals surface area contributed by atoms with Crippen LogP contribution in [0.4, 0.5) is 0 Å². The molecular weight excluding hydrogens is 659 g/mol. The molecule has 0 N–H and O–H groups in total. The largest absolute Gasteiger partial charge is 0.313 e. The van der Waals surface area contributed by atoms with Crippen molar-refractivity contribution in [2.24, 2.45) is 11.8 Å². The number of rotatable bonds is 2. The van der Waals surface area contributed by atoms with E-state index in [9.17, 15) is 0 Å². The summed E-state index contributed by atoms with van der Waals surface area (Å²) in [6.45, 7) is 4.87. The first-order chi connectivity index (χ1) is 26.0. The molecule has 3 atom stereocenters. The number of aryl methyl sites for hydroxylation is 1. The van der Waals surface area contributed by atoms with Gasteiger partial charge in [-0.05, 0) is 130 Å². The summed E-state index contributed by atoms with van der Waals surface area (Å²) >= 11 is 2.00. The average molecular weight is 700 g/mol. The summed E-state index contributed by atoms with van der Waals surface area (Å²) in [4.78, 5) is 1.46. The van der Waals surface area contributed by atoms with Gasteiger partial charge < -0.3 is 4.57 Å². The normalized spacial score (nSPS) is 22.6. The number of fused-ring (bicyclic) bond motifs is 16. The highest BCUT2D eigenvalue weighted by Gasteiger charge is 2.40. The van der Waals surface area contributed by atoms with E-state index >= 15 is 0 Å². The van der Waals surface area contributed by atoms with Crippen LogP contribution in [0.3, 0.4) is 0 Å². The van der Waals surface area contributed by atoms with Gasteiger partial charge in [0.1, 0.15) is 0 Å². The van der Waals surface area contributed by atoms with Crippen LogP contribution in [-0.4, -0.2) is 4.57 Å². The molecule has 0 spiro atoms. The molecule has 0 saturated carbocycles. The Bertz CT molecular complexity index is 2800. The third kappa shape index (κ3) is 4.13. The Morgan fingerprint density at radius 3 is 2.62 bits per heavy atom. The number of nitrogens with zero attached hydrogens (tertiary/aromatic N) is 1. The Morgan fingerprint density at radius 2 is 1.66 bits per heavy atom. The number of thiophene rings is 1. The fourth-order valence-corrected chi connectivity index (χ4v) is 12.5. The number of allylic oxidation sites excluding steroid dienone is 10. The molecular formula is C51H41NS. The SMILES string of the molecule is CC1(C)c2cc(-n3c4c(c5ccccc53)C=C(C3=CC=C5c6ccccc6C6C=CC=CC6C5C3)CC4)ccc2-c2c1ccc1c3c(sc21)C=CCC3. The van der Waals surface area contributed by atoms with Gasteiger partial charge in [0.15, 0.2) is 0 Å². The molecule has 0 amide bonds. The lowest BCUT2D eigenvalue weighted by atomic mass is 9.62. The average Bonchev–Trinajstić information content (AvgIpc) is 3.83. The zero-order valence-corrected chi connectivity index (χ0v) is 31.1. The number of para-hydroxylation sites is 1. The smallest absolute Gasteiger partial charge is 0.0537 e. The van der Waals surface area contributed by atoms with Crippen LogP contribution in [0.1, 0.15) is 83.0 Å². The molecule has 6 aliphatic carbocycles. The quantitative estimate of drug-likeness (QED) is 0.170. The number of aromatic nitrogens is 1. The van der Waals surface area contributed by atoms with Gasteiger partial charge in [-0.15, -0.1) is 11.3 Å². The molecule has 0 radical (unpaired) electrons. The minimum atomic E-state index is -0.0624. The zero-order valence-electron chi connectivity index (χ0n) is 30.3. The summed E-state index contributed by atoms with van der Waals surface area (Å²) in [5, 5.41) is 2.83. The van der Waals surface area contributed by atoms with E-state index in [2.05, 4.69) is 152 Å². The lowest BCUT2D eigenvalue weighted by molar-refractivity contribution is 0.425. The maximum atomic E-state index is 2.59. The fourth-order valence-electron chi connectivity index (χ4n) is 11.1. The zero-order chi connectivity index (χ0) is 35.0. The van der Waals surface area contributed by atoms with E-state index in [1.165, 1.54) is 92.9 Å². The second-order valence-electron chi connectivity index (χ2n) is 16.6. The Hall–Kier alpha value is -5.18. The van der Waals surface area contributed by atoms with E-state index in [-0.39, 0.29) is 5.41 Å². The molecule has 0 bridgehead atoms. The molecule has 0 saturated heterocycles. The van der Waals surface area contributed by atoms with Crippen molar-refractivity contribution in [2.45, 2.75) is 57.3 Å². The molecule has 1 nitrogen and oxygen atoms in total. The van der Waals surface area contributed by atoms with Gasteiger partial charge in [-0.1, -0.05) is 117 Å². The van der Waals surface area contributed by atoms with Gasteiger partial charge in [0.2, 0.25) is 0 Å². The van der Waals surface area contributed by atoms with Crippen LogP contribution in [0.15, 0.2) is 133 Å². The van der Waals surface area contributed by atoms with Crippen LogP contribution in [0, 0.1) is 11.8 Å². The summed E-state index contributed by atoms with van der Waals surface area (Å²) < 4.78 is 4.07. The standard InChI is InChI=1S/C51H41NS/c1-51(2)44-25-24-40-39-16-8-10-18-48(39)53-50(40)49(44)41-23-21-32(29-45(41)51)52-46-17-9-7-15-38(46)43-28-31(20-26-47(43)52)30-19-22-37-35-13-4-3-11-33(35)34-12-5-6-14-36(34)42(37)27-30/h3-7,9-15,17-19,21-25,28-29,34,36,42H,8,16,20,26-27H2,1-2H3. The van der Waals surface area contributed by atoms with Crippen LogP contribution in [0.25, 0.3) is 55.5 Å². The predicted molar refractivity (Wildman–Crippen MR) is 225 cm³/mol. The first-order valence-corrected chi connectivity index (χ1v) is 20.5. The minimum Gasteiger partial charge on any atom is -0.313 e. The lowest BCUT2D eigenvalue weighted by Gasteiger charge is -2.42. The van der Waals surface area contributed by atoms with Gasteiger partial charge in [-0.25, -0.2) is 0 Å². The van der Waals surface area contributed by atoms with Crippen molar-refractivity contribution in [3.63, 3.8) is 0 Å². The molecule has 6 aliphatic rings. The third-order valence-electron chi connectivity index (χ3n) is 13.7. The first kappa shape index (κ1) is 30.3. The maximum absolute atomic E-state index is 2.59. The van der Waals surface area contributed by atoms with Gasteiger partial charge in [0.05, 0.1) is 5.52 Å². The van der Waals surface area contributed by atoms with Crippen LogP contribution in [-0.2, 0) is 18.3 Å². The van der Waals surface area contributed by atoms with Crippen molar-refractivity contribution in [2.75, 3.05) is 0 Å². The molecule has 3 unspecified atom stereocenters. The van der Waals surface area contributed by atoms with E-state index in [0.717, 1.165) is 32.1 Å². The van der Waals surface area contributed by atoms with Crippen LogP contribution in [0.5, 0.6) is 0 Å². The highest BCUT2D eigenvalue weighted by Crippen LogP contribution is 2.56. The molecule has 53 heavy (non-hydrogen) atoms. The predicted octanol–water partition coefficient (Wildman–Crippen LogP) is 13.3. The van der Waals surface area contributed by atoms with Crippen LogP contribution >= 0.6 is 11.3 Å². The van der Waals surface area contributed by atoms with Crippen molar-refractivity contribution in [3.8, 4) is 16.8 Å².